The van der Waals surface area contributed by atoms with Gasteiger partial charge in [-0.3, -0.25) is 0 Å². The van der Waals surface area contributed by atoms with Gasteiger partial charge < -0.3 is 18.9 Å². The minimum Gasteiger partial charge on any atom is -0.493 e. The van der Waals surface area contributed by atoms with E-state index < -0.39 is 5.97 Å². The van der Waals surface area contributed by atoms with Crippen molar-refractivity contribution in [3.63, 3.8) is 0 Å². The molecule has 0 aliphatic rings. The van der Waals surface area contributed by atoms with Gasteiger partial charge in [-0.25, -0.2) is 14.8 Å². The standard InChI is InChI=1S/C24H22N2O5S2/c1-3-29-21-9-6-17(10-22(21)28-2)23-26-19(14-33-23)12-31-24(27)16-4-7-20(8-5-16)30-11-18-13-32-15-25-18/h4-10,13-15H,3,11-12H2,1-2H3. The molecule has 9 heteroatoms. The lowest BCUT2D eigenvalue weighted by atomic mass is 10.2. The molecule has 2 heterocycles. The Kier molecular flexibility index (Phi) is 7.54. The Morgan fingerprint density at radius 3 is 2.55 bits per heavy atom. The van der Waals surface area contributed by atoms with Crippen molar-refractivity contribution >= 4 is 28.6 Å². The molecule has 0 saturated heterocycles. The fraction of sp³-hybridized carbons (Fsp3) is 0.208. The van der Waals surface area contributed by atoms with Gasteiger partial charge in [-0.2, -0.15) is 0 Å². The summed E-state index contributed by atoms with van der Waals surface area (Å²) in [5.41, 5.74) is 4.67. The number of methoxy groups -OCH3 is 1. The smallest absolute Gasteiger partial charge is 0.338 e. The Hall–Kier alpha value is -3.43. The number of aromatic nitrogens is 2. The number of nitrogens with zero attached hydrogens (tertiary/aromatic N) is 2. The summed E-state index contributed by atoms with van der Waals surface area (Å²) >= 11 is 3.00. The maximum Gasteiger partial charge on any atom is 0.338 e. The third-order valence-electron chi connectivity index (χ3n) is 4.57. The van der Waals surface area contributed by atoms with E-state index >= 15 is 0 Å². The van der Waals surface area contributed by atoms with Crippen molar-refractivity contribution in [2.75, 3.05) is 13.7 Å². The fourth-order valence-electron chi connectivity index (χ4n) is 2.96. The second-order valence-corrected chi connectivity index (χ2v) is 8.39. The van der Waals surface area contributed by atoms with E-state index in [0.29, 0.717) is 41.7 Å². The average molecular weight is 483 g/mol. The summed E-state index contributed by atoms with van der Waals surface area (Å²) < 4.78 is 22.1. The molecule has 0 saturated carbocycles. The van der Waals surface area contributed by atoms with Gasteiger partial charge >= 0.3 is 5.97 Å². The second kappa shape index (κ2) is 10.9. The first-order valence-electron chi connectivity index (χ1n) is 10.2. The highest BCUT2D eigenvalue weighted by atomic mass is 32.1. The molecule has 2 aromatic heterocycles. The number of benzene rings is 2. The van der Waals surface area contributed by atoms with E-state index in [1.807, 2.05) is 35.9 Å². The molecule has 0 radical (unpaired) electrons. The maximum atomic E-state index is 12.4. The molecular formula is C24H22N2O5S2. The Morgan fingerprint density at radius 1 is 0.970 bits per heavy atom. The monoisotopic (exact) mass is 482 g/mol. The zero-order chi connectivity index (χ0) is 23.0. The lowest BCUT2D eigenvalue weighted by Gasteiger charge is -2.10. The molecule has 0 fully saturated rings. The van der Waals surface area contributed by atoms with Crippen molar-refractivity contribution in [3.8, 4) is 27.8 Å². The molecule has 0 unspecified atom stereocenters. The summed E-state index contributed by atoms with van der Waals surface area (Å²) in [5, 5.41) is 4.62. The van der Waals surface area contributed by atoms with Gasteiger partial charge in [0.2, 0.25) is 0 Å². The van der Waals surface area contributed by atoms with Crippen LogP contribution in [0.1, 0.15) is 28.7 Å². The van der Waals surface area contributed by atoms with Gasteiger partial charge in [-0.05, 0) is 49.4 Å². The Bertz CT molecular complexity index is 1190. The van der Waals surface area contributed by atoms with Crippen LogP contribution in [0, 0.1) is 0 Å². The van der Waals surface area contributed by atoms with Gasteiger partial charge in [-0.15, -0.1) is 22.7 Å². The topological polar surface area (TPSA) is 79.8 Å². The van der Waals surface area contributed by atoms with Gasteiger partial charge in [-0.1, -0.05) is 0 Å². The summed E-state index contributed by atoms with van der Waals surface area (Å²) in [5.74, 6) is 1.58. The zero-order valence-corrected chi connectivity index (χ0v) is 19.8. The highest BCUT2D eigenvalue weighted by Gasteiger charge is 2.12. The predicted molar refractivity (Wildman–Crippen MR) is 127 cm³/mol. The quantitative estimate of drug-likeness (QED) is 0.272. The van der Waals surface area contributed by atoms with Gasteiger partial charge in [0.05, 0.1) is 36.2 Å². The Morgan fingerprint density at radius 2 is 1.82 bits per heavy atom. The van der Waals surface area contributed by atoms with Crippen LogP contribution < -0.4 is 14.2 Å². The van der Waals surface area contributed by atoms with Crippen molar-refractivity contribution in [3.05, 3.63) is 75.7 Å². The summed E-state index contributed by atoms with van der Waals surface area (Å²) in [6.07, 6.45) is 0. The van der Waals surface area contributed by atoms with Crippen molar-refractivity contribution in [1.82, 2.24) is 9.97 Å². The van der Waals surface area contributed by atoms with Crippen LogP contribution in [-0.2, 0) is 18.0 Å². The van der Waals surface area contributed by atoms with E-state index in [1.54, 1.807) is 36.9 Å². The number of thiazole rings is 2. The molecule has 0 amide bonds. The van der Waals surface area contributed by atoms with Crippen LogP contribution in [0.4, 0.5) is 0 Å². The predicted octanol–water partition coefficient (Wildman–Crippen LogP) is 5.61. The number of hydrogen-bond acceptors (Lipinski definition) is 9. The summed E-state index contributed by atoms with van der Waals surface area (Å²) in [6.45, 7) is 2.96. The van der Waals surface area contributed by atoms with Gasteiger partial charge in [0, 0.05) is 16.3 Å². The molecule has 0 aliphatic carbocycles. The molecule has 0 N–H and O–H groups in total. The first-order valence-corrected chi connectivity index (χ1v) is 12.0. The third-order valence-corrected chi connectivity index (χ3v) is 6.15. The molecule has 2 aromatic carbocycles. The van der Waals surface area contributed by atoms with E-state index in [4.69, 9.17) is 18.9 Å². The number of hydrogen-bond donors (Lipinski definition) is 0. The molecule has 170 valence electrons. The van der Waals surface area contributed by atoms with Gasteiger partial charge in [0.1, 0.15) is 24.0 Å². The molecule has 0 atom stereocenters. The largest absolute Gasteiger partial charge is 0.493 e. The van der Waals surface area contributed by atoms with E-state index in [9.17, 15) is 4.79 Å². The number of esters is 1. The van der Waals surface area contributed by atoms with Crippen molar-refractivity contribution < 1.29 is 23.7 Å². The van der Waals surface area contributed by atoms with Gasteiger partial charge in [0.15, 0.2) is 11.5 Å². The van der Waals surface area contributed by atoms with Crippen molar-refractivity contribution in [2.24, 2.45) is 0 Å². The first-order chi connectivity index (χ1) is 16.2. The molecule has 0 aliphatic heterocycles. The van der Waals surface area contributed by atoms with Crippen LogP contribution in [0.2, 0.25) is 0 Å². The summed E-state index contributed by atoms with van der Waals surface area (Å²) in [4.78, 5) is 21.2. The normalized spacial score (nSPS) is 10.6. The molecule has 0 bridgehead atoms. The van der Waals surface area contributed by atoms with Crippen LogP contribution >= 0.6 is 22.7 Å². The van der Waals surface area contributed by atoms with E-state index in [-0.39, 0.29) is 6.61 Å². The Labute approximate surface area is 199 Å². The highest BCUT2D eigenvalue weighted by molar-refractivity contribution is 7.13. The van der Waals surface area contributed by atoms with Crippen LogP contribution in [0.3, 0.4) is 0 Å². The van der Waals surface area contributed by atoms with E-state index in [0.717, 1.165) is 16.3 Å². The molecule has 0 spiro atoms. The molecule has 7 nitrogen and oxygen atoms in total. The number of rotatable bonds is 10. The average Bonchev–Trinajstić information content (AvgIpc) is 3.54. The first kappa shape index (κ1) is 22.8. The van der Waals surface area contributed by atoms with E-state index in [1.165, 1.54) is 22.7 Å². The third kappa shape index (κ3) is 5.88. The van der Waals surface area contributed by atoms with Crippen LogP contribution in [-0.4, -0.2) is 29.7 Å². The lowest BCUT2D eigenvalue weighted by Crippen LogP contribution is -2.05. The minimum atomic E-state index is -0.418. The molecule has 4 aromatic rings. The van der Waals surface area contributed by atoms with Gasteiger partial charge in [0.25, 0.3) is 0 Å². The number of carbonyl (C=O) groups excluding carboxylic acids is 1. The van der Waals surface area contributed by atoms with E-state index in [2.05, 4.69) is 9.97 Å². The van der Waals surface area contributed by atoms with Crippen molar-refractivity contribution in [1.29, 1.82) is 0 Å². The minimum absolute atomic E-state index is 0.0889. The highest BCUT2D eigenvalue weighted by Crippen LogP contribution is 2.34. The number of ether oxygens (including phenoxy) is 4. The number of carbonyl (C=O) groups is 1. The van der Waals surface area contributed by atoms with Crippen LogP contribution in [0.25, 0.3) is 10.6 Å². The van der Waals surface area contributed by atoms with Crippen LogP contribution in [0.5, 0.6) is 17.2 Å². The summed E-state index contributed by atoms with van der Waals surface area (Å²) in [6, 6.07) is 12.5. The Balaban J connectivity index is 1.33. The van der Waals surface area contributed by atoms with Crippen molar-refractivity contribution in [2.45, 2.75) is 20.1 Å². The summed E-state index contributed by atoms with van der Waals surface area (Å²) in [7, 11) is 1.61. The SMILES string of the molecule is CCOc1ccc(-c2nc(COC(=O)c3ccc(OCc4cscn4)cc3)cs2)cc1OC. The maximum absolute atomic E-state index is 12.4. The molecule has 4 rings (SSSR count). The van der Waals surface area contributed by atoms with Crippen LogP contribution in [0.15, 0.2) is 58.7 Å². The zero-order valence-electron chi connectivity index (χ0n) is 18.1. The lowest BCUT2D eigenvalue weighted by molar-refractivity contribution is 0.0468. The fourth-order valence-corrected chi connectivity index (χ4v) is 4.30. The molecular weight excluding hydrogens is 460 g/mol. The second-order valence-electron chi connectivity index (χ2n) is 6.81. The molecule has 33 heavy (non-hydrogen) atoms.